The maximum absolute atomic E-state index is 13.8. The van der Waals surface area contributed by atoms with Crippen LogP contribution in [0.3, 0.4) is 0 Å². The van der Waals surface area contributed by atoms with Crippen LogP contribution in [0, 0.1) is 18.7 Å². The molecular formula is C25H28FN5O3S. The average Bonchev–Trinajstić information content (AvgIpc) is 3.06. The molecule has 1 aliphatic heterocycles. The van der Waals surface area contributed by atoms with Crippen molar-refractivity contribution in [3.8, 4) is 11.3 Å². The van der Waals surface area contributed by atoms with Gasteiger partial charge in [0.1, 0.15) is 22.3 Å². The van der Waals surface area contributed by atoms with Crippen LogP contribution in [0.15, 0.2) is 53.6 Å². The average molecular weight is 498 g/mol. The number of benzene rings is 1. The van der Waals surface area contributed by atoms with E-state index in [1.54, 1.807) is 31.2 Å². The first-order valence-electron chi connectivity index (χ1n) is 11.2. The molecule has 4 rings (SSSR count). The highest BCUT2D eigenvalue weighted by Crippen LogP contribution is 2.38. The maximum atomic E-state index is 13.8. The molecular weight excluding hydrogens is 469 g/mol. The third-order valence-electron chi connectivity index (χ3n) is 6.22. The normalized spacial score (nSPS) is 17.4. The summed E-state index contributed by atoms with van der Waals surface area (Å²) in [5.74, 6) is -0.640. The molecule has 1 aliphatic rings. The quantitative estimate of drug-likeness (QED) is 0.548. The Morgan fingerprint density at radius 3 is 2.60 bits per heavy atom. The Morgan fingerprint density at radius 2 is 1.97 bits per heavy atom. The molecule has 1 amide bonds. The number of nitrogens with one attached hydrogen (secondary N) is 1. The van der Waals surface area contributed by atoms with Crippen LogP contribution in [0.1, 0.15) is 43.1 Å². The van der Waals surface area contributed by atoms with E-state index in [4.69, 9.17) is 10.7 Å². The highest BCUT2D eigenvalue weighted by atomic mass is 32.2. The Bertz CT molecular complexity index is 1410. The van der Waals surface area contributed by atoms with Crippen molar-refractivity contribution in [2.45, 2.75) is 44.6 Å². The van der Waals surface area contributed by atoms with Gasteiger partial charge in [-0.2, -0.15) is 0 Å². The first-order chi connectivity index (χ1) is 16.4. The summed E-state index contributed by atoms with van der Waals surface area (Å²) < 4.78 is 41.7. The number of carbonyl (C=O) groups excluding carboxylic acids is 1. The van der Waals surface area contributed by atoms with E-state index < -0.39 is 15.9 Å². The lowest BCUT2D eigenvalue weighted by atomic mass is 9.97. The molecule has 0 aliphatic carbocycles. The molecule has 1 saturated heterocycles. The largest absolute Gasteiger partial charge is 0.383 e. The monoisotopic (exact) mass is 497 g/mol. The summed E-state index contributed by atoms with van der Waals surface area (Å²) >= 11 is 0. The summed E-state index contributed by atoms with van der Waals surface area (Å²) in [5.41, 5.74) is 7.24. The van der Waals surface area contributed by atoms with Crippen LogP contribution in [0.5, 0.6) is 0 Å². The molecule has 3 aromatic rings. The van der Waals surface area contributed by atoms with Crippen molar-refractivity contribution < 1.29 is 17.6 Å². The fourth-order valence-electron chi connectivity index (χ4n) is 4.62. The fraction of sp³-hybridized carbons (Fsp3) is 0.320. The number of aryl methyl sites for hydroxylation is 1. The highest BCUT2D eigenvalue weighted by Gasteiger charge is 2.39. The Balaban J connectivity index is 1.79. The third-order valence-corrected chi connectivity index (χ3v) is 7.60. The zero-order chi connectivity index (χ0) is 25.5. The lowest BCUT2D eigenvalue weighted by Crippen LogP contribution is -2.41. The van der Waals surface area contributed by atoms with Crippen molar-refractivity contribution in [3.63, 3.8) is 0 Å². The smallest absolute Gasteiger partial charge is 0.268 e. The number of sulfonamides is 1. The highest BCUT2D eigenvalue weighted by molar-refractivity contribution is 7.90. The number of rotatable bonds is 5. The topological polar surface area (TPSA) is 118 Å². The first kappa shape index (κ1) is 24.6. The summed E-state index contributed by atoms with van der Waals surface area (Å²) in [6.45, 7) is 8.55. The van der Waals surface area contributed by atoms with Crippen molar-refractivity contribution in [1.29, 1.82) is 0 Å². The first-order valence-corrected chi connectivity index (χ1v) is 12.7. The van der Waals surface area contributed by atoms with Gasteiger partial charge in [-0.05, 0) is 81.1 Å². The van der Waals surface area contributed by atoms with E-state index in [9.17, 15) is 17.6 Å². The number of hydrogen-bond donors (Lipinski definition) is 2. The van der Waals surface area contributed by atoms with Gasteiger partial charge in [0.2, 0.25) is 0 Å². The second-order valence-electron chi connectivity index (χ2n) is 9.59. The molecule has 1 fully saturated rings. The molecule has 0 saturated carbocycles. The molecule has 1 aromatic carbocycles. The van der Waals surface area contributed by atoms with Crippen LogP contribution in [-0.2, 0) is 10.0 Å². The second-order valence-corrected chi connectivity index (χ2v) is 11.2. The van der Waals surface area contributed by atoms with Gasteiger partial charge >= 0.3 is 0 Å². The van der Waals surface area contributed by atoms with Crippen LogP contribution < -0.4 is 15.4 Å². The molecule has 184 valence electrons. The molecule has 8 nitrogen and oxygen atoms in total. The van der Waals surface area contributed by atoms with Crippen molar-refractivity contribution in [2.24, 2.45) is 5.92 Å². The van der Waals surface area contributed by atoms with Crippen LogP contribution in [0.4, 0.5) is 16.0 Å². The number of nitrogen functional groups attached to an aromatic ring is 1. The van der Waals surface area contributed by atoms with E-state index in [1.807, 2.05) is 4.90 Å². The van der Waals surface area contributed by atoms with Crippen LogP contribution >= 0.6 is 0 Å². The predicted octanol–water partition coefficient (Wildman–Crippen LogP) is 3.92. The fourth-order valence-corrected chi connectivity index (χ4v) is 5.67. The van der Waals surface area contributed by atoms with E-state index in [-0.39, 0.29) is 27.6 Å². The van der Waals surface area contributed by atoms with Gasteiger partial charge in [0.05, 0.1) is 11.3 Å². The van der Waals surface area contributed by atoms with E-state index in [0.717, 1.165) is 6.42 Å². The maximum Gasteiger partial charge on any atom is 0.268 e. The van der Waals surface area contributed by atoms with Gasteiger partial charge in [-0.3, -0.25) is 4.79 Å². The molecule has 0 radical (unpaired) electrons. The summed E-state index contributed by atoms with van der Waals surface area (Å²) in [5, 5.41) is 0. The summed E-state index contributed by atoms with van der Waals surface area (Å²) in [7, 11) is -4.27. The van der Waals surface area contributed by atoms with Gasteiger partial charge in [-0.25, -0.2) is 27.5 Å². The number of hydrogen-bond acceptors (Lipinski definition) is 7. The molecule has 2 aromatic heterocycles. The molecule has 0 spiro atoms. The minimum Gasteiger partial charge on any atom is -0.383 e. The minimum absolute atomic E-state index is 0.112. The summed E-state index contributed by atoms with van der Waals surface area (Å²) in [6, 6.07) is 10.6. The Kier molecular flexibility index (Phi) is 6.27. The molecule has 0 unspecified atom stereocenters. The van der Waals surface area contributed by atoms with Gasteiger partial charge < -0.3 is 10.6 Å². The zero-order valence-electron chi connectivity index (χ0n) is 20.0. The number of nitrogens with two attached hydrogens (primary N) is 1. The standard InChI is InChI=1S/C25H28FN5O3S/c1-15-13-25(3,4)31(14-15)23-18(8-10-20(29-23)17-7-9-19(26)16(2)12-17)24(32)30-35(33,34)21-6-5-11-28-22(21)27/h5-12,15H,13-14H2,1-4H3,(H2,27,28)(H,30,32)/t15-/m0/s1. The van der Waals surface area contributed by atoms with Gasteiger partial charge in [-0.1, -0.05) is 6.92 Å². The van der Waals surface area contributed by atoms with Gasteiger partial charge in [0.25, 0.3) is 15.9 Å². The van der Waals surface area contributed by atoms with Crippen molar-refractivity contribution in [2.75, 3.05) is 17.2 Å². The number of amides is 1. The molecule has 10 heteroatoms. The summed E-state index contributed by atoms with van der Waals surface area (Å²) in [4.78, 5) is 23.6. The third kappa shape index (κ3) is 4.84. The summed E-state index contributed by atoms with van der Waals surface area (Å²) in [6.07, 6.45) is 2.24. The second kappa shape index (κ2) is 8.92. The van der Waals surface area contributed by atoms with Crippen molar-refractivity contribution in [1.82, 2.24) is 14.7 Å². The SMILES string of the molecule is Cc1cc(-c2ccc(C(=O)NS(=O)(=O)c3cccnc3N)c(N3C[C@@H](C)CC3(C)C)n2)ccc1F. The van der Waals surface area contributed by atoms with E-state index in [1.165, 1.54) is 24.4 Å². The van der Waals surface area contributed by atoms with Gasteiger partial charge in [0, 0.05) is 23.8 Å². The lowest BCUT2D eigenvalue weighted by Gasteiger charge is -2.34. The Hall–Kier alpha value is -3.53. The van der Waals surface area contributed by atoms with E-state index in [0.29, 0.717) is 35.1 Å². The molecule has 3 N–H and O–H groups in total. The Labute approximate surface area is 204 Å². The van der Waals surface area contributed by atoms with E-state index in [2.05, 4.69) is 30.5 Å². The van der Waals surface area contributed by atoms with Crippen molar-refractivity contribution in [3.05, 3.63) is 65.6 Å². The van der Waals surface area contributed by atoms with Gasteiger partial charge in [-0.15, -0.1) is 0 Å². The van der Waals surface area contributed by atoms with Crippen LogP contribution in [0.25, 0.3) is 11.3 Å². The minimum atomic E-state index is -4.27. The number of halogens is 1. The zero-order valence-corrected chi connectivity index (χ0v) is 20.9. The number of aromatic nitrogens is 2. The predicted molar refractivity (Wildman–Crippen MR) is 133 cm³/mol. The lowest BCUT2D eigenvalue weighted by molar-refractivity contribution is 0.0981. The molecule has 35 heavy (non-hydrogen) atoms. The molecule has 3 heterocycles. The number of carbonyl (C=O) groups is 1. The Morgan fingerprint density at radius 1 is 1.23 bits per heavy atom. The number of anilines is 2. The number of nitrogens with zero attached hydrogens (tertiary/aromatic N) is 3. The number of pyridine rings is 2. The molecule has 1 atom stereocenters. The van der Waals surface area contributed by atoms with Crippen LogP contribution in [0.2, 0.25) is 0 Å². The van der Waals surface area contributed by atoms with Crippen molar-refractivity contribution >= 4 is 27.6 Å². The van der Waals surface area contributed by atoms with Crippen LogP contribution in [-0.4, -0.2) is 36.4 Å². The molecule has 0 bridgehead atoms. The van der Waals surface area contributed by atoms with E-state index >= 15 is 0 Å². The van der Waals surface area contributed by atoms with Gasteiger partial charge in [0.15, 0.2) is 0 Å².